The fourth-order valence-electron chi connectivity index (χ4n) is 3.75. The predicted molar refractivity (Wildman–Crippen MR) is 121 cm³/mol. The Hall–Kier alpha value is -3.76. The maximum atomic E-state index is 13.6. The van der Waals surface area contributed by atoms with Gasteiger partial charge in [0.2, 0.25) is 5.95 Å². The summed E-state index contributed by atoms with van der Waals surface area (Å²) >= 11 is 5.92. The van der Waals surface area contributed by atoms with Gasteiger partial charge in [-0.15, -0.1) is 5.10 Å². The third-order valence-corrected chi connectivity index (χ3v) is 5.73. The Morgan fingerprint density at radius 2 is 2.12 bits per heavy atom. The molecule has 0 aliphatic carbocycles. The van der Waals surface area contributed by atoms with E-state index in [4.69, 9.17) is 22.2 Å². The minimum Gasteiger partial charge on any atom is -0.366 e. The fraction of sp³-hybridized carbons (Fsp3) is 0.182. The highest BCUT2D eigenvalue weighted by atomic mass is 35.5. The van der Waals surface area contributed by atoms with Gasteiger partial charge in [-0.25, -0.2) is 13.7 Å². The summed E-state index contributed by atoms with van der Waals surface area (Å²) < 4.78 is 15.1. The largest absolute Gasteiger partial charge is 0.366 e. The molecule has 3 aromatic heterocycles. The number of amides is 2. The molecule has 9 nitrogen and oxygen atoms in total. The lowest BCUT2D eigenvalue weighted by Gasteiger charge is -2.23. The Bertz CT molecular complexity index is 1380. The normalized spacial score (nSPS) is 15.8. The Kier molecular flexibility index (Phi) is 5.31. The van der Waals surface area contributed by atoms with E-state index in [0.717, 1.165) is 11.1 Å². The number of pyridine rings is 2. The average Bonchev–Trinajstić information content (AvgIpc) is 3.42. The molecule has 1 atom stereocenters. The quantitative estimate of drug-likeness (QED) is 0.462. The number of hydrogen-bond acceptors (Lipinski definition) is 6. The number of aryl methyl sites for hydroxylation is 1. The van der Waals surface area contributed by atoms with E-state index in [-0.39, 0.29) is 17.0 Å². The summed E-state index contributed by atoms with van der Waals surface area (Å²) in [6, 6.07) is 9.04. The van der Waals surface area contributed by atoms with Crippen LogP contribution < -0.4 is 11.1 Å². The Morgan fingerprint density at radius 3 is 2.94 bits per heavy atom. The van der Waals surface area contributed by atoms with Crippen LogP contribution >= 0.6 is 11.6 Å². The monoisotopic (exact) mass is 467 g/mol. The first-order valence-corrected chi connectivity index (χ1v) is 10.5. The minimum atomic E-state index is -0.513. The van der Waals surface area contributed by atoms with E-state index in [2.05, 4.69) is 20.4 Å². The molecular formula is C22H19ClFN7O2. The minimum absolute atomic E-state index is 0.00129. The molecule has 2 amide bonds. The number of carbonyl (C=O) groups excluding carboxylic acids is 1. The number of nitrogens with two attached hydrogens (primary N) is 1. The van der Waals surface area contributed by atoms with Crippen LogP contribution in [0, 0.1) is 12.7 Å². The number of anilines is 2. The molecule has 3 N–H and O–H groups in total. The summed E-state index contributed by atoms with van der Waals surface area (Å²) in [5, 5.41) is 8.24. The van der Waals surface area contributed by atoms with E-state index in [1.54, 1.807) is 36.0 Å². The summed E-state index contributed by atoms with van der Waals surface area (Å²) in [6.45, 7) is 2.15. The van der Waals surface area contributed by atoms with Gasteiger partial charge in [0.15, 0.2) is 5.65 Å². The van der Waals surface area contributed by atoms with Crippen molar-refractivity contribution in [1.29, 1.82) is 0 Å². The molecule has 0 bridgehead atoms. The van der Waals surface area contributed by atoms with Gasteiger partial charge < -0.3 is 11.1 Å². The van der Waals surface area contributed by atoms with Crippen LogP contribution in [0.3, 0.4) is 0 Å². The van der Waals surface area contributed by atoms with Crippen molar-refractivity contribution >= 4 is 34.9 Å². The molecule has 1 aromatic carbocycles. The lowest BCUT2D eigenvalue weighted by atomic mass is 10.0. The van der Waals surface area contributed by atoms with Crippen molar-refractivity contribution in [2.45, 2.75) is 19.4 Å². The van der Waals surface area contributed by atoms with Gasteiger partial charge in [0, 0.05) is 29.9 Å². The van der Waals surface area contributed by atoms with Crippen LogP contribution in [0.25, 0.3) is 16.8 Å². The zero-order valence-corrected chi connectivity index (χ0v) is 18.3. The second kappa shape index (κ2) is 8.30. The van der Waals surface area contributed by atoms with Crippen LogP contribution in [0.4, 0.5) is 20.8 Å². The molecule has 4 heterocycles. The molecule has 1 saturated heterocycles. The first-order valence-electron chi connectivity index (χ1n) is 10.2. The number of nitrogens with one attached hydrogen (secondary N) is 1. The average molecular weight is 468 g/mol. The zero-order chi connectivity index (χ0) is 23.1. The summed E-state index contributed by atoms with van der Waals surface area (Å²) in [5.41, 5.74) is 9.75. The molecule has 168 valence electrons. The van der Waals surface area contributed by atoms with Crippen molar-refractivity contribution in [2.24, 2.45) is 0 Å². The van der Waals surface area contributed by atoms with Crippen molar-refractivity contribution in [2.75, 3.05) is 17.7 Å². The number of nitrogen functional groups attached to an aromatic ring is 1. The molecule has 1 aliphatic heterocycles. The topological polar surface area (TPSA) is 111 Å². The predicted octanol–water partition coefficient (Wildman–Crippen LogP) is 4.38. The number of hydrogen-bond donors (Lipinski definition) is 2. The number of aromatic nitrogens is 4. The van der Waals surface area contributed by atoms with Crippen LogP contribution in [0.15, 0.2) is 48.8 Å². The van der Waals surface area contributed by atoms with Crippen molar-refractivity contribution in [1.82, 2.24) is 24.6 Å². The van der Waals surface area contributed by atoms with Gasteiger partial charge in [0.1, 0.15) is 5.82 Å². The molecule has 33 heavy (non-hydrogen) atoms. The SMILES string of the molecule is Cc1ncc(-c2ccc3nc(N)nn3c2)cc1NC(=O)N1OCCC1c1ccc(F)c(Cl)c1. The van der Waals surface area contributed by atoms with E-state index in [9.17, 15) is 9.18 Å². The van der Waals surface area contributed by atoms with E-state index >= 15 is 0 Å². The van der Waals surface area contributed by atoms with Crippen molar-refractivity contribution in [3.63, 3.8) is 0 Å². The Balaban J connectivity index is 1.40. The molecule has 1 aliphatic rings. The van der Waals surface area contributed by atoms with E-state index in [1.165, 1.54) is 17.2 Å². The van der Waals surface area contributed by atoms with Crippen molar-refractivity contribution in [3.05, 3.63) is 70.9 Å². The smallest absolute Gasteiger partial charge is 0.346 e. The molecule has 0 spiro atoms. The maximum Gasteiger partial charge on any atom is 0.346 e. The van der Waals surface area contributed by atoms with Gasteiger partial charge in [-0.1, -0.05) is 17.7 Å². The molecular weight excluding hydrogens is 449 g/mol. The van der Waals surface area contributed by atoms with E-state index in [1.807, 2.05) is 12.1 Å². The van der Waals surface area contributed by atoms with Crippen molar-refractivity contribution < 1.29 is 14.0 Å². The Labute approximate surface area is 192 Å². The first-order chi connectivity index (χ1) is 15.9. The third-order valence-electron chi connectivity index (χ3n) is 5.44. The number of urea groups is 1. The number of fused-ring (bicyclic) bond motifs is 1. The zero-order valence-electron chi connectivity index (χ0n) is 17.5. The van der Waals surface area contributed by atoms with Crippen molar-refractivity contribution in [3.8, 4) is 11.1 Å². The lowest BCUT2D eigenvalue weighted by Crippen LogP contribution is -2.33. The van der Waals surface area contributed by atoms with Crippen LogP contribution in [-0.4, -0.2) is 37.3 Å². The van der Waals surface area contributed by atoms with Gasteiger partial charge >= 0.3 is 6.03 Å². The van der Waals surface area contributed by atoms with Gasteiger partial charge in [-0.3, -0.25) is 9.82 Å². The number of carbonyl (C=O) groups is 1. The fourth-order valence-corrected chi connectivity index (χ4v) is 3.94. The van der Waals surface area contributed by atoms with E-state index < -0.39 is 11.8 Å². The molecule has 1 unspecified atom stereocenters. The third kappa shape index (κ3) is 4.06. The number of hydroxylamine groups is 2. The standard InChI is InChI=1S/C22H19ClFN7O2/c1-12-18(9-15(10-26-12)14-3-5-20-28-21(25)29-30(20)11-14)27-22(32)31-19(6-7-33-31)13-2-4-17(24)16(23)8-13/h2-5,8-11,19H,6-7H2,1H3,(H2,25,29)(H,27,32). The van der Waals surface area contributed by atoms with Gasteiger partial charge in [0.25, 0.3) is 0 Å². The maximum absolute atomic E-state index is 13.6. The summed E-state index contributed by atoms with van der Waals surface area (Å²) in [4.78, 5) is 27.1. The first kappa shape index (κ1) is 21.1. The van der Waals surface area contributed by atoms with E-state index in [0.29, 0.717) is 35.6 Å². The summed E-state index contributed by atoms with van der Waals surface area (Å²) in [5.74, 6) is -0.328. The molecule has 4 aromatic rings. The number of nitrogens with zero attached hydrogens (tertiary/aromatic N) is 5. The van der Waals surface area contributed by atoms with Gasteiger partial charge in [0.05, 0.1) is 29.1 Å². The highest BCUT2D eigenvalue weighted by Gasteiger charge is 2.32. The number of halogens is 2. The highest BCUT2D eigenvalue weighted by Crippen LogP contribution is 2.33. The van der Waals surface area contributed by atoms with Gasteiger partial charge in [-0.2, -0.15) is 10.0 Å². The molecule has 5 rings (SSSR count). The molecule has 11 heteroatoms. The lowest BCUT2D eigenvalue weighted by molar-refractivity contribution is -0.0830. The number of benzene rings is 1. The van der Waals surface area contributed by atoms with Gasteiger partial charge in [-0.05, 0) is 42.8 Å². The Morgan fingerprint density at radius 1 is 1.27 bits per heavy atom. The molecule has 1 fully saturated rings. The molecule has 0 radical (unpaired) electrons. The second-order valence-electron chi connectivity index (χ2n) is 7.61. The second-order valence-corrected chi connectivity index (χ2v) is 8.02. The number of rotatable bonds is 3. The van der Waals surface area contributed by atoms with Crippen LogP contribution in [0.5, 0.6) is 0 Å². The van der Waals surface area contributed by atoms with Crippen LogP contribution in [-0.2, 0) is 4.84 Å². The summed E-state index contributed by atoms with van der Waals surface area (Å²) in [6.07, 6.45) is 4.06. The molecule has 0 saturated carbocycles. The van der Waals surface area contributed by atoms with Crippen LogP contribution in [0.1, 0.15) is 23.7 Å². The summed E-state index contributed by atoms with van der Waals surface area (Å²) in [7, 11) is 0. The highest BCUT2D eigenvalue weighted by molar-refractivity contribution is 6.30. The van der Waals surface area contributed by atoms with Crippen LogP contribution in [0.2, 0.25) is 5.02 Å².